The van der Waals surface area contributed by atoms with E-state index in [-0.39, 0.29) is 5.82 Å². The maximum absolute atomic E-state index is 12.9. The molecule has 1 aromatic carbocycles. The molecular formula is C10H12FNO. The van der Waals surface area contributed by atoms with Gasteiger partial charge in [-0.2, -0.15) is 0 Å². The standard InChI is InChI=1S/C10H12FNO/c11-9-3-1-2-8(6-9)10(12)4-5-13-7-10/h1-3,6H,4-5,7,12H2. The molecule has 0 saturated carbocycles. The minimum absolute atomic E-state index is 0.241. The highest BCUT2D eigenvalue weighted by Gasteiger charge is 2.32. The lowest BCUT2D eigenvalue weighted by molar-refractivity contribution is 0.178. The second kappa shape index (κ2) is 3.09. The molecule has 1 aliphatic rings. The van der Waals surface area contributed by atoms with Gasteiger partial charge in [-0.15, -0.1) is 0 Å². The van der Waals surface area contributed by atoms with Gasteiger partial charge < -0.3 is 10.5 Å². The topological polar surface area (TPSA) is 35.2 Å². The highest BCUT2D eigenvalue weighted by atomic mass is 19.1. The van der Waals surface area contributed by atoms with Gasteiger partial charge in [0.25, 0.3) is 0 Å². The molecule has 1 unspecified atom stereocenters. The average molecular weight is 181 g/mol. The van der Waals surface area contributed by atoms with Crippen LogP contribution in [0.3, 0.4) is 0 Å². The maximum atomic E-state index is 12.9. The van der Waals surface area contributed by atoms with Crippen LogP contribution in [-0.4, -0.2) is 13.2 Å². The molecule has 1 atom stereocenters. The van der Waals surface area contributed by atoms with Crippen molar-refractivity contribution >= 4 is 0 Å². The van der Waals surface area contributed by atoms with Gasteiger partial charge in [-0.05, 0) is 24.1 Å². The lowest BCUT2D eigenvalue weighted by Gasteiger charge is -2.21. The van der Waals surface area contributed by atoms with Crippen LogP contribution in [0.25, 0.3) is 0 Å². The van der Waals surface area contributed by atoms with Gasteiger partial charge >= 0.3 is 0 Å². The lowest BCUT2D eigenvalue weighted by Crippen LogP contribution is -2.37. The number of ether oxygens (including phenoxy) is 1. The van der Waals surface area contributed by atoms with Gasteiger partial charge in [-0.3, -0.25) is 0 Å². The van der Waals surface area contributed by atoms with Crippen molar-refractivity contribution in [3.63, 3.8) is 0 Å². The Morgan fingerprint density at radius 1 is 1.46 bits per heavy atom. The predicted octanol–water partition coefficient (Wildman–Crippen LogP) is 1.40. The summed E-state index contributed by atoms with van der Waals surface area (Å²) in [7, 11) is 0. The molecule has 0 aliphatic carbocycles. The molecular weight excluding hydrogens is 169 g/mol. The van der Waals surface area contributed by atoms with E-state index >= 15 is 0 Å². The molecule has 1 aromatic rings. The molecule has 2 N–H and O–H groups in total. The molecule has 1 heterocycles. The second-order valence-electron chi connectivity index (χ2n) is 3.47. The quantitative estimate of drug-likeness (QED) is 0.710. The van der Waals surface area contributed by atoms with Crippen LogP contribution < -0.4 is 5.73 Å². The first-order chi connectivity index (χ1) is 6.21. The summed E-state index contributed by atoms with van der Waals surface area (Å²) in [6.07, 6.45) is 0.760. The van der Waals surface area contributed by atoms with Crippen LogP contribution >= 0.6 is 0 Å². The third kappa shape index (κ3) is 1.57. The van der Waals surface area contributed by atoms with Gasteiger partial charge in [-0.1, -0.05) is 12.1 Å². The molecule has 1 fully saturated rings. The lowest BCUT2D eigenvalue weighted by atomic mass is 9.90. The molecule has 70 valence electrons. The number of benzene rings is 1. The number of hydrogen-bond acceptors (Lipinski definition) is 2. The summed E-state index contributed by atoms with van der Waals surface area (Å²) in [5.74, 6) is -0.241. The summed E-state index contributed by atoms with van der Waals surface area (Å²) in [6.45, 7) is 1.14. The summed E-state index contributed by atoms with van der Waals surface area (Å²) >= 11 is 0. The van der Waals surface area contributed by atoms with Crippen LogP contribution in [0.4, 0.5) is 4.39 Å². The molecule has 1 aliphatic heterocycles. The van der Waals surface area contributed by atoms with Crippen LogP contribution in [0.5, 0.6) is 0 Å². The van der Waals surface area contributed by atoms with E-state index in [4.69, 9.17) is 10.5 Å². The molecule has 1 saturated heterocycles. The van der Waals surface area contributed by atoms with Crippen LogP contribution in [-0.2, 0) is 10.3 Å². The number of halogens is 1. The summed E-state index contributed by atoms with van der Waals surface area (Å²) < 4.78 is 18.1. The van der Waals surface area contributed by atoms with Crippen molar-refractivity contribution in [2.75, 3.05) is 13.2 Å². The van der Waals surface area contributed by atoms with Gasteiger partial charge in [0, 0.05) is 6.61 Å². The molecule has 2 nitrogen and oxygen atoms in total. The Morgan fingerprint density at radius 3 is 2.92 bits per heavy atom. The average Bonchev–Trinajstić information content (AvgIpc) is 2.54. The van der Waals surface area contributed by atoms with E-state index in [9.17, 15) is 4.39 Å². The summed E-state index contributed by atoms with van der Waals surface area (Å²) in [5.41, 5.74) is 6.40. The van der Waals surface area contributed by atoms with E-state index in [2.05, 4.69) is 0 Å². The zero-order valence-corrected chi connectivity index (χ0v) is 7.29. The van der Waals surface area contributed by atoms with Gasteiger partial charge in [-0.25, -0.2) is 4.39 Å². The fourth-order valence-electron chi connectivity index (χ4n) is 1.61. The number of rotatable bonds is 1. The van der Waals surface area contributed by atoms with Gasteiger partial charge in [0.05, 0.1) is 12.1 Å². The van der Waals surface area contributed by atoms with Crippen molar-refractivity contribution in [3.05, 3.63) is 35.6 Å². The minimum atomic E-state index is -0.484. The van der Waals surface area contributed by atoms with E-state index in [1.165, 1.54) is 12.1 Å². The molecule has 0 radical (unpaired) electrons. The SMILES string of the molecule is NC1(c2cccc(F)c2)CCOC1. The van der Waals surface area contributed by atoms with E-state index in [1.54, 1.807) is 6.07 Å². The first kappa shape index (κ1) is 8.66. The largest absolute Gasteiger partial charge is 0.379 e. The Hall–Kier alpha value is -0.930. The third-order valence-electron chi connectivity index (χ3n) is 2.45. The third-order valence-corrected chi connectivity index (χ3v) is 2.45. The Labute approximate surface area is 76.5 Å². The fourth-order valence-corrected chi connectivity index (χ4v) is 1.61. The number of hydrogen-bond donors (Lipinski definition) is 1. The Balaban J connectivity index is 2.33. The molecule has 0 amide bonds. The highest BCUT2D eigenvalue weighted by Crippen LogP contribution is 2.27. The maximum Gasteiger partial charge on any atom is 0.123 e. The Morgan fingerprint density at radius 2 is 2.31 bits per heavy atom. The summed E-state index contributed by atoms with van der Waals surface area (Å²) in [4.78, 5) is 0. The van der Waals surface area contributed by atoms with E-state index < -0.39 is 5.54 Å². The summed E-state index contributed by atoms with van der Waals surface area (Å²) in [5, 5.41) is 0. The molecule has 0 spiro atoms. The smallest absolute Gasteiger partial charge is 0.123 e. The summed E-state index contributed by atoms with van der Waals surface area (Å²) in [6, 6.07) is 6.42. The van der Waals surface area contributed by atoms with Crippen molar-refractivity contribution in [2.24, 2.45) is 5.73 Å². The predicted molar refractivity (Wildman–Crippen MR) is 47.7 cm³/mol. The van der Waals surface area contributed by atoms with E-state index in [1.807, 2.05) is 6.07 Å². The van der Waals surface area contributed by atoms with Crippen molar-refractivity contribution in [2.45, 2.75) is 12.0 Å². The Bertz CT molecular complexity index is 308. The molecule has 2 rings (SSSR count). The first-order valence-corrected chi connectivity index (χ1v) is 4.33. The van der Waals surface area contributed by atoms with Gasteiger partial charge in [0.2, 0.25) is 0 Å². The molecule has 13 heavy (non-hydrogen) atoms. The zero-order chi connectivity index (χ0) is 9.31. The van der Waals surface area contributed by atoms with Crippen molar-refractivity contribution in [1.82, 2.24) is 0 Å². The van der Waals surface area contributed by atoms with Crippen LogP contribution in [0.2, 0.25) is 0 Å². The molecule has 3 heteroatoms. The van der Waals surface area contributed by atoms with Crippen LogP contribution in [0, 0.1) is 5.82 Å². The number of nitrogens with two attached hydrogens (primary N) is 1. The Kier molecular flexibility index (Phi) is 2.06. The van der Waals surface area contributed by atoms with Crippen molar-refractivity contribution in [3.8, 4) is 0 Å². The monoisotopic (exact) mass is 181 g/mol. The van der Waals surface area contributed by atoms with Gasteiger partial charge in [0.1, 0.15) is 5.82 Å². The minimum Gasteiger partial charge on any atom is -0.379 e. The van der Waals surface area contributed by atoms with E-state index in [0.717, 1.165) is 12.0 Å². The fraction of sp³-hybridized carbons (Fsp3) is 0.400. The molecule has 0 bridgehead atoms. The first-order valence-electron chi connectivity index (χ1n) is 4.33. The zero-order valence-electron chi connectivity index (χ0n) is 7.29. The van der Waals surface area contributed by atoms with Crippen molar-refractivity contribution in [1.29, 1.82) is 0 Å². The van der Waals surface area contributed by atoms with E-state index in [0.29, 0.717) is 13.2 Å². The molecule has 0 aromatic heterocycles. The van der Waals surface area contributed by atoms with Crippen LogP contribution in [0.15, 0.2) is 24.3 Å². The van der Waals surface area contributed by atoms with Crippen LogP contribution in [0.1, 0.15) is 12.0 Å². The van der Waals surface area contributed by atoms with Gasteiger partial charge in [0.15, 0.2) is 0 Å². The highest BCUT2D eigenvalue weighted by molar-refractivity contribution is 5.25. The van der Waals surface area contributed by atoms with Crippen molar-refractivity contribution < 1.29 is 9.13 Å². The normalized spacial score (nSPS) is 27.8. The second-order valence-corrected chi connectivity index (χ2v) is 3.47.